The van der Waals surface area contributed by atoms with Gasteiger partial charge in [0, 0.05) is 6.42 Å². The van der Waals surface area contributed by atoms with Crippen molar-refractivity contribution >= 4 is 5.78 Å². The van der Waals surface area contributed by atoms with E-state index in [1.165, 1.54) is 0 Å². The molecule has 1 heteroatoms. The van der Waals surface area contributed by atoms with Crippen molar-refractivity contribution in [3.05, 3.63) is 36.5 Å². The molecule has 0 rings (SSSR count). The molecule has 0 aromatic carbocycles. The fourth-order valence-electron chi connectivity index (χ4n) is 0.622. The Hall–Kier alpha value is -1.11. The second kappa shape index (κ2) is 6.59. The molecular weight excluding hydrogens is 148 g/mol. The molecule has 0 aliphatic heterocycles. The van der Waals surface area contributed by atoms with Crippen LogP contribution in [-0.2, 0) is 4.79 Å². The first kappa shape index (κ1) is 10.9. The van der Waals surface area contributed by atoms with Gasteiger partial charge < -0.3 is 0 Å². The largest absolute Gasteiger partial charge is 0.300 e. The Morgan fingerprint density at radius 2 is 2.08 bits per heavy atom. The molecule has 0 N–H and O–H groups in total. The minimum Gasteiger partial charge on any atom is -0.300 e. The van der Waals surface area contributed by atoms with Gasteiger partial charge in [0.15, 0.2) is 0 Å². The van der Waals surface area contributed by atoms with Gasteiger partial charge in [-0.25, -0.2) is 0 Å². The van der Waals surface area contributed by atoms with E-state index in [9.17, 15) is 4.79 Å². The van der Waals surface area contributed by atoms with Gasteiger partial charge in [-0.2, -0.15) is 0 Å². The summed E-state index contributed by atoms with van der Waals surface area (Å²) in [5, 5.41) is 0. The summed E-state index contributed by atoms with van der Waals surface area (Å²) in [7, 11) is 0. The maximum atomic E-state index is 10.5. The van der Waals surface area contributed by atoms with E-state index in [4.69, 9.17) is 0 Å². The standard InChI is InChI=1S/C11H16O/c1-4-10(2)8-6-5-7-9-11(3)12/h5-8H,2,4,9H2,1,3H3/b7-5-,8-6-. The van der Waals surface area contributed by atoms with E-state index >= 15 is 0 Å². The van der Waals surface area contributed by atoms with E-state index < -0.39 is 0 Å². The third kappa shape index (κ3) is 7.00. The van der Waals surface area contributed by atoms with Gasteiger partial charge >= 0.3 is 0 Å². The van der Waals surface area contributed by atoms with Gasteiger partial charge in [-0.1, -0.05) is 43.4 Å². The first-order valence-electron chi connectivity index (χ1n) is 4.17. The summed E-state index contributed by atoms with van der Waals surface area (Å²) in [5.41, 5.74) is 1.10. The lowest BCUT2D eigenvalue weighted by Crippen LogP contribution is -1.83. The first-order chi connectivity index (χ1) is 5.66. The molecule has 0 heterocycles. The Labute approximate surface area is 74.5 Å². The van der Waals surface area contributed by atoms with Crippen molar-refractivity contribution in [1.29, 1.82) is 0 Å². The lowest BCUT2D eigenvalue weighted by atomic mass is 10.2. The molecule has 0 amide bonds. The van der Waals surface area contributed by atoms with Crippen LogP contribution < -0.4 is 0 Å². The smallest absolute Gasteiger partial charge is 0.133 e. The topological polar surface area (TPSA) is 17.1 Å². The zero-order chi connectivity index (χ0) is 9.40. The molecule has 0 unspecified atom stereocenters. The number of hydrogen-bond donors (Lipinski definition) is 0. The van der Waals surface area contributed by atoms with Crippen molar-refractivity contribution in [2.45, 2.75) is 26.7 Å². The summed E-state index contributed by atoms with van der Waals surface area (Å²) in [6.45, 7) is 7.46. The average Bonchev–Trinajstić information content (AvgIpc) is 2.03. The maximum Gasteiger partial charge on any atom is 0.133 e. The normalized spacial score (nSPS) is 11.2. The summed E-state index contributed by atoms with van der Waals surface area (Å²) in [4.78, 5) is 10.5. The van der Waals surface area contributed by atoms with Crippen LogP contribution in [0.15, 0.2) is 36.5 Å². The van der Waals surface area contributed by atoms with Gasteiger partial charge in [0.2, 0.25) is 0 Å². The molecule has 0 aliphatic rings. The van der Waals surface area contributed by atoms with Crippen molar-refractivity contribution in [3.8, 4) is 0 Å². The van der Waals surface area contributed by atoms with Crippen molar-refractivity contribution in [2.75, 3.05) is 0 Å². The van der Waals surface area contributed by atoms with Crippen LogP contribution in [0.1, 0.15) is 26.7 Å². The molecule has 0 aliphatic carbocycles. The van der Waals surface area contributed by atoms with Crippen LogP contribution in [0.2, 0.25) is 0 Å². The summed E-state index contributed by atoms with van der Waals surface area (Å²) >= 11 is 0. The number of Topliss-reactive ketones (excluding diaryl/α,β-unsaturated/α-hetero) is 1. The van der Waals surface area contributed by atoms with E-state index in [0.29, 0.717) is 6.42 Å². The molecule has 0 saturated carbocycles. The van der Waals surface area contributed by atoms with Gasteiger partial charge in [0.1, 0.15) is 5.78 Å². The molecule has 0 spiro atoms. The summed E-state index contributed by atoms with van der Waals surface area (Å²) < 4.78 is 0. The number of hydrogen-bond acceptors (Lipinski definition) is 1. The Balaban J connectivity index is 3.66. The van der Waals surface area contributed by atoms with Gasteiger partial charge in [-0.15, -0.1) is 0 Å². The van der Waals surface area contributed by atoms with E-state index in [-0.39, 0.29) is 5.78 Å². The second-order valence-corrected chi connectivity index (χ2v) is 2.71. The van der Waals surface area contributed by atoms with E-state index in [1.54, 1.807) is 6.92 Å². The van der Waals surface area contributed by atoms with Crippen LogP contribution in [-0.4, -0.2) is 5.78 Å². The van der Waals surface area contributed by atoms with E-state index in [1.807, 2.05) is 24.3 Å². The van der Waals surface area contributed by atoms with Gasteiger partial charge in [-0.05, 0) is 13.3 Å². The lowest BCUT2D eigenvalue weighted by molar-refractivity contribution is -0.116. The zero-order valence-corrected chi connectivity index (χ0v) is 7.84. The first-order valence-corrected chi connectivity index (χ1v) is 4.17. The molecule has 0 fully saturated rings. The van der Waals surface area contributed by atoms with Crippen LogP contribution in [0, 0.1) is 0 Å². The van der Waals surface area contributed by atoms with Crippen LogP contribution in [0.5, 0.6) is 0 Å². The summed E-state index contributed by atoms with van der Waals surface area (Å²) in [6.07, 6.45) is 9.08. The minimum absolute atomic E-state index is 0.189. The molecule has 0 radical (unpaired) electrons. The zero-order valence-electron chi connectivity index (χ0n) is 7.84. The highest BCUT2D eigenvalue weighted by Crippen LogP contribution is 1.97. The Bertz CT molecular complexity index is 209. The van der Waals surface area contributed by atoms with Gasteiger partial charge in [0.05, 0.1) is 0 Å². The molecule has 0 bridgehead atoms. The number of allylic oxidation sites excluding steroid dienone is 5. The van der Waals surface area contributed by atoms with Crippen LogP contribution in [0.3, 0.4) is 0 Å². The van der Waals surface area contributed by atoms with Crippen LogP contribution >= 0.6 is 0 Å². The van der Waals surface area contributed by atoms with E-state index in [0.717, 1.165) is 12.0 Å². The molecule has 0 saturated heterocycles. The fraction of sp³-hybridized carbons (Fsp3) is 0.364. The number of carbonyl (C=O) groups excluding carboxylic acids is 1. The highest BCUT2D eigenvalue weighted by atomic mass is 16.1. The van der Waals surface area contributed by atoms with Gasteiger partial charge in [0.25, 0.3) is 0 Å². The third-order valence-corrected chi connectivity index (χ3v) is 1.44. The third-order valence-electron chi connectivity index (χ3n) is 1.44. The van der Waals surface area contributed by atoms with Crippen molar-refractivity contribution < 1.29 is 4.79 Å². The SMILES string of the molecule is C=C(/C=C\C=C/CC(C)=O)CC. The second-order valence-electron chi connectivity index (χ2n) is 2.71. The monoisotopic (exact) mass is 164 g/mol. The molecule has 1 nitrogen and oxygen atoms in total. The Morgan fingerprint density at radius 1 is 1.42 bits per heavy atom. The highest BCUT2D eigenvalue weighted by molar-refractivity contribution is 5.77. The predicted octanol–water partition coefficient (Wildman–Crippen LogP) is 3.04. The molecule has 12 heavy (non-hydrogen) atoms. The van der Waals surface area contributed by atoms with Crippen molar-refractivity contribution in [3.63, 3.8) is 0 Å². The highest BCUT2D eigenvalue weighted by Gasteiger charge is 1.83. The lowest BCUT2D eigenvalue weighted by Gasteiger charge is -1.87. The number of ketones is 1. The molecule has 0 aromatic heterocycles. The Kier molecular flexibility index (Phi) is 5.98. The predicted molar refractivity (Wildman–Crippen MR) is 53.0 cm³/mol. The molecule has 0 atom stereocenters. The average molecular weight is 164 g/mol. The van der Waals surface area contributed by atoms with Crippen LogP contribution in [0.25, 0.3) is 0 Å². The number of rotatable bonds is 5. The molecule has 0 aromatic rings. The molecular formula is C11H16O. The quantitative estimate of drug-likeness (QED) is 0.571. The summed E-state index contributed by atoms with van der Waals surface area (Å²) in [5.74, 6) is 0.189. The Morgan fingerprint density at radius 3 is 2.58 bits per heavy atom. The van der Waals surface area contributed by atoms with Gasteiger partial charge in [-0.3, -0.25) is 4.79 Å². The molecule has 66 valence electrons. The minimum atomic E-state index is 0.189. The van der Waals surface area contributed by atoms with Crippen molar-refractivity contribution in [1.82, 2.24) is 0 Å². The van der Waals surface area contributed by atoms with Crippen LogP contribution in [0.4, 0.5) is 0 Å². The fourth-order valence-corrected chi connectivity index (χ4v) is 0.622. The summed E-state index contributed by atoms with van der Waals surface area (Å²) in [6, 6.07) is 0. The maximum absolute atomic E-state index is 10.5. The van der Waals surface area contributed by atoms with Crippen molar-refractivity contribution in [2.24, 2.45) is 0 Å². The number of carbonyl (C=O) groups is 1. The van der Waals surface area contributed by atoms with E-state index in [2.05, 4.69) is 13.5 Å².